The average molecular weight is 312 g/mol. The summed E-state index contributed by atoms with van der Waals surface area (Å²) in [6.45, 7) is 4.38. The lowest BCUT2D eigenvalue weighted by Gasteiger charge is -2.11. The number of hydrogen-bond acceptors (Lipinski definition) is 3. The van der Waals surface area contributed by atoms with Crippen LogP contribution in [0.3, 0.4) is 0 Å². The average Bonchev–Trinajstić information content (AvgIpc) is 2.45. The molecule has 0 aliphatic heterocycles. The van der Waals surface area contributed by atoms with Crippen molar-refractivity contribution in [2.75, 3.05) is 7.05 Å². The van der Waals surface area contributed by atoms with Crippen LogP contribution in [-0.2, 0) is 27.1 Å². The maximum Gasteiger partial charge on any atom is 0.223 e. The number of hydrogen-bond donors (Lipinski definition) is 2. The fraction of sp³-hybridized carbons (Fsp3) is 0.533. The third-order valence-electron chi connectivity index (χ3n) is 3.30. The van der Waals surface area contributed by atoms with Crippen LogP contribution in [0.4, 0.5) is 0 Å². The van der Waals surface area contributed by atoms with Crippen LogP contribution in [-0.4, -0.2) is 21.4 Å². The molecule has 5 nitrogen and oxygen atoms in total. The summed E-state index contributed by atoms with van der Waals surface area (Å²) in [6, 6.07) is 7.25. The Balaban J connectivity index is 2.63. The molecule has 0 unspecified atom stereocenters. The minimum absolute atomic E-state index is 0.00264. The van der Waals surface area contributed by atoms with Crippen molar-refractivity contribution in [1.82, 2.24) is 10.0 Å². The molecule has 0 saturated carbocycles. The van der Waals surface area contributed by atoms with Gasteiger partial charge in [-0.05, 0) is 24.6 Å². The van der Waals surface area contributed by atoms with Crippen LogP contribution in [0.2, 0.25) is 0 Å². The van der Waals surface area contributed by atoms with E-state index >= 15 is 0 Å². The molecule has 1 aromatic carbocycles. The van der Waals surface area contributed by atoms with Gasteiger partial charge in [-0.1, -0.05) is 44.5 Å². The Kier molecular flexibility index (Phi) is 6.84. The molecule has 21 heavy (non-hydrogen) atoms. The molecule has 0 saturated heterocycles. The Hall–Kier alpha value is -1.40. The lowest BCUT2D eigenvalue weighted by molar-refractivity contribution is -0.124. The van der Waals surface area contributed by atoms with Gasteiger partial charge in [0.25, 0.3) is 0 Å². The van der Waals surface area contributed by atoms with E-state index in [-0.39, 0.29) is 17.6 Å². The quantitative estimate of drug-likeness (QED) is 0.768. The molecule has 0 heterocycles. The molecule has 118 valence electrons. The number of carbonyl (C=O) groups is 1. The third kappa shape index (κ3) is 6.27. The zero-order valence-corrected chi connectivity index (χ0v) is 13.7. The molecule has 0 bridgehead atoms. The van der Waals surface area contributed by atoms with Crippen LogP contribution >= 0.6 is 0 Å². The predicted octanol–water partition coefficient (Wildman–Crippen LogP) is 1.79. The highest BCUT2D eigenvalue weighted by Crippen LogP contribution is 2.10. The van der Waals surface area contributed by atoms with Gasteiger partial charge in [-0.15, -0.1) is 0 Å². The largest absolute Gasteiger partial charge is 0.352 e. The van der Waals surface area contributed by atoms with Crippen molar-refractivity contribution < 1.29 is 13.2 Å². The molecular formula is C15H24N2O3S. The fourth-order valence-electron chi connectivity index (χ4n) is 2.05. The van der Waals surface area contributed by atoms with Crippen molar-refractivity contribution in [3.63, 3.8) is 0 Å². The third-order valence-corrected chi connectivity index (χ3v) is 4.63. The van der Waals surface area contributed by atoms with E-state index in [0.717, 1.165) is 18.4 Å². The van der Waals surface area contributed by atoms with E-state index in [9.17, 15) is 13.2 Å². The highest BCUT2D eigenvalue weighted by molar-refractivity contribution is 7.88. The Bertz CT molecular complexity index is 570. The fourth-order valence-corrected chi connectivity index (χ4v) is 2.81. The second-order valence-electron chi connectivity index (χ2n) is 5.19. The van der Waals surface area contributed by atoms with Crippen LogP contribution in [0, 0.1) is 5.92 Å². The summed E-state index contributed by atoms with van der Waals surface area (Å²) in [4.78, 5) is 11.8. The first-order valence-electron chi connectivity index (χ1n) is 7.14. The number of benzene rings is 1. The summed E-state index contributed by atoms with van der Waals surface area (Å²) in [5, 5.41) is 2.88. The standard InChI is InChI=1S/C15H24N2O3S/c1-4-6-12(2)15(18)17-10-13-7-5-8-14(9-13)11-21(19,20)16-3/h5,7-9,12,16H,4,6,10-11H2,1-3H3,(H,17,18)/t12-/m1/s1. The van der Waals surface area contributed by atoms with Gasteiger partial charge in [-0.3, -0.25) is 4.79 Å². The van der Waals surface area contributed by atoms with E-state index in [1.807, 2.05) is 13.0 Å². The van der Waals surface area contributed by atoms with Gasteiger partial charge >= 0.3 is 0 Å². The summed E-state index contributed by atoms with van der Waals surface area (Å²) >= 11 is 0. The Morgan fingerprint density at radius 2 is 1.95 bits per heavy atom. The molecule has 1 aromatic rings. The van der Waals surface area contributed by atoms with Gasteiger partial charge in [0.1, 0.15) is 0 Å². The van der Waals surface area contributed by atoms with Gasteiger partial charge in [0, 0.05) is 12.5 Å². The van der Waals surface area contributed by atoms with Crippen LogP contribution in [0.15, 0.2) is 24.3 Å². The van der Waals surface area contributed by atoms with Crippen molar-refractivity contribution in [3.05, 3.63) is 35.4 Å². The van der Waals surface area contributed by atoms with Gasteiger partial charge in [-0.2, -0.15) is 0 Å². The smallest absolute Gasteiger partial charge is 0.223 e. The van der Waals surface area contributed by atoms with E-state index in [0.29, 0.717) is 12.1 Å². The highest BCUT2D eigenvalue weighted by atomic mass is 32.2. The Morgan fingerprint density at radius 3 is 2.57 bits per heavy atom. The minimum Gasteiger partial charge on any atom is -0.352 e. The summed E-state index contributed by atoms with van der Waals surface area (Å²) in [5.74, 6) is -0.0229. The molecule has 1 amide bonds. The molecule has 0 aliphatic rings. The second-order valence-corrected chi connectivity index (χ2v) is 7.12. The van der Waals surface area contributed by atoms with Crippen molar-refractivity contribution >= 4 is 15.9 Å². The molecule has 2 N–H and O–H groups in total. The molecule has 1 atom stereocenters. The van der Waals surface area contributed by atoms with Crippen LogP contribution in [0.1, 0.15) is 37.8 Å². The Morgan fingerprint density at radius 1 is 1.29 bits per heavy atom. The summed E-state index contributed by atoms with van der Waals surface area (Å²) in [5.41, 5.74) is 1.61. The monoisotopic (exact) mass is 312 g/mol. The molecule has 0 fully saturated rings. The summed E-state index contributed by atoms with van der Waals surface area (Å²) in [7, 11) is -1.88. The number of nitrogens with one attached hydrogen (secondary N) is 2. The van der Waals surface area contributed by atoms with Gasteiger partial charge in [0.2, 0.25) is 15.9 Å². The highest BCUT2D eigenvalue weighted by Gasteiger charge is 2.12. The van der Waals surface area contributed by atoms with Crippen molar-refractivity contribution in [2.24, 2.45) is 5.92 Å². The lowest BCUT2D eigenvalue weighted by atomic mass is 10.1. The number of amides is 1. The topological polar surface area (TPSA) is 75.3 Å². The van der Waals surface area contributed by atoms with E-state index < -0.39 is 10.0 Å². The molecule has 1 rings (SSSR count). The minimum atomic E-state index is -3.28. The predicted molar refractivity (Wildman–Crippen MR) is 84.0 cm³/mol. The molecule has 6 heteroatoms. The Labute approximate surface area is 127 Å². The maximum atomic E-state index is 11.8. The lowest BCUT2D eigenvalue weighted by Crippen LogP contribution is -2.28. The maximum absolute atomic E-state index is 11.8. The molecule has 0 aromatic heterocycles. The van der Waals surface area contributed by atoms with Crippen molar-refractivity contribution in [2.45, 2.75) is 39.0 Å². The van der Waals surface area contributed by atoms with E-state index in [4.69, 9.17) is 0 Å². The summed E-state index contributed by atoms with van der Waals surface area (Å²) < 4.78 is 25.3. The molecule has 0 radical (unpaired) electrons. The van der Waals surface area contributed by atoms with Gasteiger partial charge in [0.15, 0.2) is 0 Å². The number of sulfonamides is 1. The van der Waals surface area contributed by atoms with Crippen LogP contribution < -0.4 is 10.0 Å². The van der Waals surface area contributed by atoms with E-state index in [2.05, 4.69) is 17.0 Å². The van der Waals surface area contributed by atoms with E-state index in [1.54, 1.807) is 18.2 Å². The first-order chi connectivity index (χ1) is 9.88. The normalized spacial score (nSPS) is 12.9. The van der Waals surface area contributed by atoms with Gasteiger partial charge < -0.3 is 5.32 Å². The molecular weight excluding hydrogens is 288 g/mol. The van der Waals surface area contributed by atoms with Crippen LogP contribution in [0.25, 0.3) is 0 Å². The SMILES string of the molecule is CCC[C@@H](C)C(=O)NCc1cccc(CS(=O)(=O)NC)c1. The number of carbonyl (C=O) groups excluding carboxylic acids is 1. The zero-order chi connectivity index (χ0) is 15.9. The van der Waals surface area contributed by atoms with Crippen molar-refractivity contribution in [3.8, 4) is 0 Å². The summed E-state index contributed by atoms with van der Waals surface area (Å²) in [6.07, 6.45) is 1.85. The zero-order valence-electron chi connectivity index (χ0n) is 12.8. The molecule has 0 spiro atoms. The first kappa shape index (κ1) is 17.7. The van der Waals surface area contributed by atoms with Crippen LogP contribution in [0.5, 0.6) is 0 Å². The second kappa shape index (κ2) is 8.14. The first-order valence-corrected chi connectivity index (χ1v) is 8.80. The van der Waals surface area contributed by atoms with Crippen molar-refractivity contribution in [1.29, 1.82) is 0 Å². The molecule has 0 aliphatic carbocycles. The van der Waals surface area contributed by atoms with Gasteiger partial charge in [-0.25, -0.2) is 13.1 Å². The van der Waals surface area contributed by atoms with E-state index in [1.165, 1.54) is 7.05 Å². The number of rotatable bonds is 8. The van der Waals surface area contributed by atoms with Gasteiger partial charge in [0.05, 0.1) is 5.75 Å².